The van der Waals surface area contributed by atoms with Gasteiger partial charge in [-0.3, -0.25) is 14.3 Å². The molecule has 34 heavy (non-hydrogen) atoms. The van der Waals surface area contributed by atoms with Crippen LogP contribution in [0.4, 0.5) is 10.1 Å². The molecule has 0 spiro atoms. The summed E-state index contributed by atoms with van der Waals surface area (Å²) in [5.41, 5.74) is 2.92. The molecule has 3 aromatic carbocycles. The van der Waals surface area contributed by atoms with Gasteiger partial charge in [0.25, 0.3) is 5.91 Å². The number of fused-ring (bicyclic) bond motifs is 1. The Hall–Kier alpha value is -4.30. The van der Waals surface area contributed by atoms with Crippen molar-refractivity contribution in [3.8, 4) is 17.3 Å². The molecule has 0 saturated carbocycles. The first-order valence-corrected chi connectivity index (χ1v) is 10.6. The van der Waals surface area contributed by atoms with Gasteiger partial charge in [0.1, 0.15) is 23.6 Å². The second kappa shape index (κ2) is 8.92. The van der Waals surface area contributed by atoms with E-state index in [4.69, 9.17) is 16.3 Å². The summed E-state index contributed by atoms with van der Waals surface area (Å²) in [7, 11) is 0. The van der Waals surface area contributed by atoms with Gasteiger partial charge in [0.15, 0.2) is 5.82 Å². The Morgan fingerprint density at radius 1 is 1.03 bits per heavy atom. The first kappa shape index (κ1) is 21.5. The standard InChI is InChI=1S/C25H17ClFN5O2/c1-15-13-32(14-29-15)24-12-28-22-8-6-19(11-23(22)31-24)34-18-4-2-3-17(10-18)30-25(33)16-5-7-20(26)21(27)9-16/h2-14H,1H3,(H,30,33). The number of ether oxygens (including phenoxy) is 1. The molecule has 1 N–H and O–H groups in total. The number of nitrogens with one attached hydrogen (secondary N) is 1. The summed E-state index contributed by atoms with van der Waals surface area (Å²) in [5, 5.41) is 2.69. The molecule has 9 heteroatoms. The molecule has 2 heterocycles. The second-order valence-corrected chi connectivity index (χ2v) is 7.92. The molecule has 0 fully saturated rings. The second-order valence-electron chi connectivity index (χ2n) is 7.51. The van der Waals surface area contributed by atoms with Gasteiger partial charge in [-0.05, 0) is 49.4 Å². The highest BCUT2D eigenvalue weighted by atomic mass is 35.5. The highest BCUT2D eigenvalue weighted by Crippen LogP contribution is 2.27. The Balaban J connectivity index is 1.35. The van der Waals surface area contributed by atoms with Crippen molar-refractivity contribution in [2.75, 3.05) is 5.32 Å². The number of imidazole rings is 1. The minimum absolute atomic E-state index is 0.0423. The minimum atomic E-state index is -0.655. The summed E-state index contributed by atoms with van der Waals surface area (Å²) in [5.74, 6) is 0.597. The van der Waals surface area contributed by atoms with Crippen LogP contribution in [0, 0.1) is 12.7 Å². The predicted molar refractivity (Wildman–Crippen MR) is 127 cm³/mol. The summed E-state index contributed by atoms with van der Waals surface area (Å²) >= 11 is 5.68. The van der Waals surface area contributed by atoms with Crippen LogP contribution in [0.15, 0.2) is 79.4 Å². The van der Waals surface area contributed by atoms with Crippen LogP contribution in [0.3, 0.4) is 0 Å². The Bertz CT molecular complexity index is 1540. The maximum Gasteiger partial charge on any atom is 0.255 e. The number of rotatable bonds is 5. The monoisotopic (exact) mass is 473 g/mol. The number of anilines is 1. The van der Waals surface area contributed by atoms with E-state index < -0.39 is 11.7 Å². The topological polar surface area (TPSA) is 81.9 Å². The van der Waals surface area contributed by atoms with E-state index in [2.05, 4.69) is 20.3 Å². The third kappa shape index (κ3) is 4.57. The van der Waals surface area contributed by atoms with E-state index in [0.717, 1.165) is 17.3 Å². The summed E-state index contributed by atoms with van der Waals surface area (Å²) in [6.07, 6.45) is 5.24. The van der Waals surface area contributed by atoms with Crippen molar-refractivity contribution < 1.29 is 13.9 Å². The Morgan fingerprint density at radius 3 is 2.68 bits per heavy atom. The number of aryl methyl sites for hydroxylation is 1. The van der Waals surface area contributed by atoms with E-state index >= 15 is 0 Å². The van der Waals surface area contributed by atoms with Crippen LogP contribution in [0.5, 0.6) is 11.5 Å². The van der Waals surface area contributed by atoms with Crippen LogP contribution >= 0.6 is 11.6 Å². The zero-order valence-electron chi connectivity index (χ0n) is 17.9. The van der Waals surface area contributed by atoms with Gasteiger partial charge < -0.3 is 10.1 Å². The van der Waals surface area contributed by atoms with Crippen molar-refractivity contribution in [2.45, 2.75) is 6.92 Å². The van der Waals surface area contributed by atoms with E-state index in [1.165, 1.54) is 12.1 Å². The minimum Gasteiger partial charge on any atom is -0.457 e. The molecule has 0 aliphatic rings. The van der Waals surface area contributed by atoms with E-state index in [9.17, 15) is 9.18 Å². The highest BCUT2D eigenvalue weighted by molar-refractivity contribution is 6.30. The lowest BCUT2D eigenvalue weighted by atomic mass is 10.2. The fraction of sp³-hybridized carbons (Fsp3) is 0.0400. The highest BCUT2D eigenvalue weighted by Gasteiger charge is 2.10. The molecule has 0 atom stereocenters. The number of amides is 1. The molecular formula is C25H17ClFN5O2. The van der Waals surface area contributed by atoms with Gasteiger partial charge in [0.2, 0.25) is 0 Å². The lowest BCUT2D eigenvalue weighted by molar-refractivity contribution is 0.102. The number of halogens is 2. The van der Waals surface area contributed by atoms with Crippen molar-refractivity contribution in [1.29, 1.82) is 0 Å². The predicted octanol–water partition coefficient (Wildman–Crippen LogP) is 5.96. The molecule has 2 aromatic heterocycles. The number of hydrogen-bond acceptors (Lipinski definition) is 5. The van der Waals surface area contributed by atoms with Crippen LogP contribution in [0.1, 0.15) is 16.1 Å². The normalized spacial score (nSPS) is 10.9. The van der Waals surface area contributed by atoms with Gasteiger partial charge in [0, 0.05) is 29.6 Å². The average Bonchev–Trinajstić information content (AvgIpc) is 3.27. The Kier molecular flexibility index (Phi) is 5.65. The molecule has 0 unspecified atom stereocenters. The summed E-state index contributed by atoms with van der Waals surface area (Å²) in [4.78, 5) is 25.8. The van der Waals surface area contributed by atoms with Crippen molar-refractivity contribution in [1.82, 2.24) is 19.5 Å². The number of carbonyl (C=O) groups excluding carboxylic acids is 1. The summed E-state index contributed by atoms with van der Waals surface area (Å²) in [6.45, 7) is 1.90. The first-order valence-electron chi connectivity index (χ1n) is 10.3. The van der Waals surface area contributed by atoms with Crippen molar-refractivity contribution in [3.05, 3.63) is 101 Å². The molecule has 7 nitrogen and oxygen atoms in total. The lowest BCUT2D eigenvalue weighted by Crippen LogP contribution is -2.12. The third-order valence-electron chi connectivity index (χ3n) is 4.99. The van der Waals surface area contributed by atoms with Gasteiger partial charge in [-0.15, -0.1) is 0 Å². The van der Waals surface area contributed by atoms with Gasteiger partial charge in [-0.2, -0.15) is 0 Å². The van der Waals surface area contributed by atoms with Crippen LogP contribution in [0.2, 0.25) is 5.02 Å². The third-order valence-corrected chi connectivity index (χ3v) is 5.29. The quantitative estimate of drug-likeness (QED) is 0.340. The molecule has 5 aromatic rings. The van der Waals surface area contributed by atoms with Gasteiger partial charge >= 0.3 is 0 Å². The molecular weight excluding hydrogens is 457 g/mol. The molecule has 0 bridgehead atoms. The zero-order valence-corrected chi connectivity index (χ0v) is 18.6. The van der Waals surface area contributed by atoms with Crippen molar-refractivity contribution in [3.63, 3.8) is 0 Å². The SMILES string of the molecule is Cc1cn(-c2cnc3ccc(Oc4cccc(NC(=O)c5ccc(Cl)c(F)c5)c4)cc3n2)cn1. The van der Waals surface area contributed by atoms with E-state index in [1.807, 2.05) is 19.2 Å². The van der Waals surface area contributed by atoms with Crippen LogP contribution < -0.4 is 10.1 Å². The fourth-order valence-corrected chi connectivity index (χ4v) is 3.45. The van der Waals surface area contributed by atoms with Crippen LogP contribution in [-0.2, 0) is 0 Å². The van der Waals surface area contributed by atoms with Gasteiger partial charge in [-0.1, -0.05) is 17.7 Å². The smallest absolute Gasteiger partial charge is 0.255 e. The zero-order chi connectivity index (χ0) is 23.7. The molecule has 0 saturated heterocycles. The summed E-state index contributed by atoms with van der Waals surface area (Å²) in [6, 6.07) is 16.2. The number of aromatic nitrogens is 4. The summed E-state index contributed by atoms with van der Waals surface area (Å²) < 4.78 is 21.5. The molecule has 1 amide bonds. The number of nitrogens with zero attached hydrogens (tertiary/aromatic N) is 4. The van der Waals surface area contributed by atoms with Crippen LogP contribution in [0.25, 0.3) is 16.9 Å². The van der Waals surface area contributed by atoms with Gasteiger partial charge in [-0.25, -0.2) is 14.4 Å². The molecule has 168 valence electrons. The maximum atomic E-state index is 13.7. The molecule has 0 aliphatic carbocycles. The number of carbonyl (C=O) groups is 1. The van der Waals surface area contributed by atoms with E-state index in [0.29, 0.717) is 28.5 Å². The van der Waals surface area contributed by atoms with E-state index in [-0.39, 0.29) is 10.6 Å². The fourth-order valence-electron chi connectivity index (χ4n) is 3.33. The molecule has 0 radical (unpaired) electrons. The molecule has 0 aliphatic heterocycles. The molecule has 5 rings (SSSR count). The maximum absolute atomic E-state index is 13.7. The Morgan fingerprint density at radius 2 is 1.88 bits per heavy atom. The first-order chi connectivity index (χ1) is 16.4. The van der Waals surface area contributed by atoms with Gasteiger partial charge in [0.05, 0.1) is 27.9 Å². The van der Waals surface area contributed by atoms with E-state index in [1.54, 1.807) is 53.5 Å². The van der Waals surface area contributed by atoms with Crippen molar-refractivity contribution in [2.24, 2.45) is 0 Å². The largest absolute Gasteiger partial charge is 0.457 e. The number of benzene rings is 3. The Labute approximate surface area is 198 Å². The van der Waals surface area contributed by atoms with Crippen molar-refractivity contribution >= 4 is 34.2 Å². The number of hydrogen-bond donors (Lipinski definition) is 1. The lowest BCUT2D eigenvalue weighted by Gasteiger charge is -2.10. The van der Waals surface area contributed by atoms with Crippen LogP contribution in [-0.4, -0.2) is 25.4 Å². The average molecular weight is 474 g/mol.